The Morgan fingerprint density at radius 1 is 1.56 bits per heavy atom. The first-order chi connectivity index (χ1) is 7.66. The van der Waals surface area contributed by atoms with Crippen LogP contribution in [0, 0.1) is 5.92 Å². The molecule has 2 rings (SSSR count). The molecule has 2 atom stereocenters. The van der Waals surface area contributed by atoms with E-state index in [2.05, 4.69) is 10.3 Å². The summed E-state index contributed by atoms with van der Waals surface area (Å²) in [6.45, 7) is 0. The zero-order valence-corrected chi connectivity index (χ0v) is 8.89. The van der Waals surface area contributed by atoms with E-state index in [1.807, 2.05) is 0 Å². The van der Waals surface area contributed by atoms with Crippen molar-refractivity contribution in [2.75, 3.05) is 5.32 Å². The van der Waals surface area contributed by atoms with Crippen LogP contribution >= 0.6 is 0 Å². The molecule has 0 spiro atoms. The molecule has 1 aromatic rings. The van der Waals surface area contributed by atoms with Gasteiger partial charge in [0.25, 0.3) is 0 Å². The Kier molecular flexibility index (Phi) is 3.05. The second-order valence-corrected chi connectivity index (χ2v) is 4.13. The second-order valence-electron chi connectivity index (χ2n) is 4.13. The average Bonchev–Trinajstić information content (AvgIpc) is 2.68. The summed E-state index contributed by atoms with van der Waals surface area (Å²) in [6.07, 6.45) is 3.92. The van der Waals surface area contributed by atoms with Crippen LogP contribution in [0.15, 0.2) is 18.3 Å². The number of carbonyl (C=O) groups is 1. The maximum Gasteiger partial charge on any atom is 0.228 e. The zero-order valence-electron chi connectivity index (χ0n) is 8.89. The van der Waals surface area contributed by atoms with Gasteiger partial charge in [0.05, 0.1) is 0 Å². The molecule has 1 amide bonds. The van der Waals surface area contributed by atoms with Gasteiger partial charge in [-0.3, -0.25) is 4.79 Å². The average molecular weight is 221 g/mol. The Morgan fingerprint density at radius 2 is 2.38 bits per heavy atom. The molecule has 0 bridgehead atoms. The van der Waals surface area contributed by atoms with E-state index in [9.17, 15) is 9.90 Å². The van der Waals surface area contributed by atoms with Crippen LogP contribution in [0.2, 0.25) is 0 Å². The lowest BCUT2D eigenvalue weighted by Crippen LogP contribution is -2.23. The third-order valence-electron chi connectivity index (χ3n) is 2.87. The van der Waals surface area contributed by atoms with E-state index < -0.39 is 0 Å². The van der Waals surface area contributed by atoms with Gasteiger partial charge in [0, 0.05) is 18.2 Å². The van der Waals surface area contributed by atoms with Crippen LogP contribution in [0.3, 0.4) is 0 Å². The lowest BCUT2D eigenvalue weighted by Gasteiger charge is -2.10. The third kappa shape index (κ3) is 2.30. The van der Waals surface area contributed by atoms with Gasteiger partial charge in [-0.15, -0.1) is 0 Å². The summed E-state index contributed by atoms with van der Waals surface area (Å²) in [4.78, 5) is 15.7. The number of carbonyl (C=O) groups excluding carboxylic acids is 1. The Labute approximate surface area is 93.7 Å². The van der Waals surface area contributed by atoms with Crippen LogP contribution in [-0.4, -0.2) is 22.0 Å². The van der Waals surface area contributed by atoms with Gasteiger partial charge in [-0.1, -0.05) is 0 Å². The zero-order chi connectivity index (χ0) is 11.5. The molecule has 1 saturated carbocycles. The Balaban J connectivity index is 2.00. The van der Waals surface area contributed by atoms with Crippen molar-refractivity contribution in [2.45, 2.75) is 25.3 Å². The van der Waals surface area contributed by atoms with Crippen LogP contribution in [-0.2, 0) is 4.79 Å². The number of aromatic hydroxyl groups is 1. The van der Waals surface area contributed by atoms with Crippen LogP contribution in [0.4, 0.5) is 5.82 Å². The van der Waals surface area contributed by atoms with Crippen molar-refractivity contribution in [1.29, 1.82) is 0 Å². The third-order valence-corrected chi connectivity index (χ3v) is 2.87. The number of nitrogens with zero attached hydrogens (tertiary/aromatic N) is 1. The minimum absolute atomic E-state index is 0.0156. The normalized spacial score (nSPS) is 24.3. The Morgan fingerprint density at radius 3 is 3.00 bits per heavy atom. The molecule has 16 heavy (non-hydrogen) atoms. The Bertz CT molecular complexity index is 395. The molecule has 1 fully saturated rings. The van der Waals surface area contributed by atoms with Crippen molar-refractivity contribution in [3.05, 3.63) is 18.3 Å². The van der Waals surface area contributed by atoms with E-state index in [0.29, 0.717) is 6.42 Å². The molecule has 0 aliphatic heterocycles. The lowest BCUT2D eigenvalue weighted by molar-refractivity contribution is -0.119. The molecule has 2 unspecified atom stereocenters. The topological polar surface area (TPSA) is 88.2 Å². The summed E-state index contributed by atoms with van der Waals surface area (Å²) >= 11 is 0. The number of anilines is 1. The maximum atomic E-state index is 11.8. The van der Waals surface area contributed by atoms with E-state index in [1.165, 1.54) is 12.3 Å². The summed E-state index contributed by atoms with van der Waals surface area (Å²) in [6, 6.07) is 3.22. The SMILES string of the molecule is NC1CCC(C(=O)Nc2ncccc2O)C1. The number of nitrogens with two attached hydrogens (primary N) is 1. The van der Waals surface area contributed by atoms with Gasteiger partial charge >= 0.3 is 0 Å². The summed E-state index contributed by atoms with van der Waals surface area (Å²) in [5, 5.41) is 12.1. The fraction of sp³-hybridized carbons (Fsp3) is 0.455. The number of hydrogen-bond acceptors (Lipinski definition) is 4. The highest BCUT2D eigenvalue weighted by Crippen LogP contribution is 2.26. The minimum atomic E-state index is -0.109. The highest BCUT2D eigenvalue weighted by atomic mass is 16.3. The van der Waals surface area contributed by atoms with Gasteiger partial charge < -0.3 is 16.2 Å². The number of rotatable bonds is 2. The van der Waals surface area contributed by atoms with Gasteiger partial charge in [0.1, 0.15) is 0 Å². The standard InChI is InChI=1S/C11H15N3O2/c12-8-4-3-7(6-8)11(16)14-10-9(15)2-1-5-13-10/h1-2,5,7-8,15H,3-4,6,12H2,(H,13,14,16). The molecule has 1 aromatic heterocycles. The largest absolute Gasteiger partial charge is 0.504 e. The summed E-state index contributed by atoms with van der Waals surface area (Å²) < 4.78 is 0. The number of hydrogen-bond donors (Lipinski definition) is 3. The predicted octanol–water partition coefficient (Wildman–Crippen LogP) is 0.853. The van der Waals surface area contributed by atoms with E-state index in [1.54, 1.807) is 6.07 Å². The summed E-state index contributed by atoms with van der Waals surface area (Å²) in [5.74, 6) is 0.0319. The highest BCUT2D eigenvalue weighted by Gasteiger charge is 2.28. The van der Waals surface area contributed by atoms with E-state index in [0.717, 1.165) is 12.8 Å². The first-order valence-corrected chi connectivity index (χ1v) is 5.37. The van der Waals surface area contributed by atoms with Gasteiger partial charge in [-0.25, -0.2) is 4.98 Å². The predicted molar refractivity (Wildman–Crippen MR) is 59.8 cm³/mol. The molecule has 5 heteroatoms. The fourth-order valence-electron chi connectivity index (χ4n) is 1.97. The number of pyridine rings is 1. The van der Waals surface area contributed by atoms with Gasteiger partial charge in [0.2, 0.25) is 5.91 Å². The van der Waals surface area contributed by atoms with Crippen LogP contribution in [0.5, 0.6) is 5.75 Å². The van der Waals surface area contributed by atoms with E-state index >= 15 is 0 Å². The molecule has 0 saturated heterocycles. The summed E-state index contributed by atoms with van der Waals surface area (Å²) in [5.41, 5.74) is 5.74. The number of aromatic nitrogens is 1. The maximum absolute atomic E-state index is 11.8. The van der Waals surface area contributed by atoms with E-state index in [-0.39, 0.29) is 29.4 Å². The van der Waals surface area contributed by atoms with Gasteiger partial charge in [-0.2, -0.15) is 0 Å². The quantitative estimate of drug-likeness (QED) is 0.691. The number of amides is 1. The molecule has 1 heterocycles. The monoisotopic (exact) mass is 221 g/mol. The first kappa shape index (κ1) is 10.9. The second kappa shape index (κ2) is 4.49. The first-order valence-electron chi connectivity index (χ1n) is 5.37. The van der Waals surface area contributed by atoms with Gasteiger partial charge in [-0.05, 0) is 31.4 Å². The van der Waals surface area contributed by atoms with Gasteiger partial charge in [0.15, 0.2) is 11.6 Å². The molecular formula is C11H15N3O2. The molecule has 1 aliphatic carbocycles. The minimum Gasteiger partial charge on any atom is -0.504 e. The van der Waals surface area contributed by atoms with Crippen LogP contribution in [0.1, 0.15) is 19.3 Å². The highest BCUT2D eigenvalue weighted by molar-refractivity contribution is 5.93. The Hall–Kier alpha value is -1.62. The molecule has 0 aromatic carbocycles. The molecular weight excluding hydrogens is 206 g/mol. The van der Waals surface area contributed by atoms with Crippen molar-refractivity contribution in [2.24, 2.45) is 11.7 Å². The smallest absolute Gasteiger partial charge is 0.228 e. The molecule has 0 radical (unpaired) electrons. The molecule has 5 nitrogen and oxygen atoms in total. The van der Waals surface area contributed by atoms with Crippen molar-refractivity contribution in [3.63, 3.8) is 0 Å². The fourth-order valence-corrected chi connectivity index (χ4v) is 1.97. The van der Waals surface area contributed by atoms with Crippen LogP contribution in [0.25, 0.3) is 0 Å². The van der Waals surface area contributed by atoms with Crippen molar-refractivity contribution >= 4 is 11.7 Å². The van der Waals surface area contributed by atoms with E-state index in [4.69, 9.17) is 5.73 Å². The lowest BCUT2D eigenvalue weighted by atomic mass is 10.1. The van der Waals surface area contributed by atoms with Crippen molar-refractivity contribution < 1.29 is 9.90 Å². The van der Waals surface area contributed by atoms with Crippen LogP contribution < -0.4 is 11.1 Å². The molecule has 4 N–H and O–H groups in total. The summed E-state index contributed by atoms with van der Waals surface area (Å²) in [7, 11) is 0. The molecule has 1 aliphatic rings. The molecule has 86 valence electrons. The van der Waals surface area contributed by atoms with Crippen molar-refractivity contribution in [1.82, 2.24) is 4.98 Å². The van der Waals surface area contributed by atoms with Crippen molar-refractivity contribution in [3.8, 4) is 5.75 Å². The number of nitrogens with one attached hydrogen (secondary N) is 1.